The maximum Gasteiger partial charge on any atom is 0.289 e. The molecular weight excluding hydrogens is 360 g/mol. The summed E-state index contributed by atoms with van der Waals surface area (Å²) < 4.78 is 11.5. The number of benzene rings is 1. The van der Waals surface area contributed by atoms with Gasteiger partial charge < -0.3 is 14.1 Å². The number of carbonyl (C=O) groups is 1. The summed E-state index contributed by atoms with van der Waals surface area (Å²) in [5, 5.41) is 9.55. The summed E-state index contributed by atoms with van der Waals surface area (Å²) >= 11 is 0. The van der Waals surface area contributed by atoms with Gasteiger partial charge in [0.05, 0.1) is 11.9 Å². The molecule has 1 aliphatic rings. The number of rotatable bonds is 3. The first-order valence-corrected chi connectivity index (χ1v) is 8.85. The second-order valence-electron chi connectivity index (χ2n) is 6.43. The lowest BCUT2D eigenvalue weighted by Gasteiger charge is -2.32. The Balaban J connectivity index is 1.54. The molecule has 1 fully saturated rings. The molecule has 1 aliphatic heterocycles. The van der Waals surface area contributed by atoms with Gasteiger partial charge in [0.2, 0.25) is 5.69 Å². The Labute approximate surface area is 160 Å². The molecule has 3 aromatic rings. The van der Waals surface area contributed by atoms with E-state index in [4.69, 9.17) is 14.4 Å². The SMILES string of the molecule is N#Cc1nccnc1O[C@@H]1CCCN(C(=O)c2cc(=O)c3ccccc3o2)C1. The molecule has 0 unspecified atom stereocenters. The second-order valence-corrected chi connectivity index (χ2v) is 6.43. The van der Waals surface area contributed by atoms with Crippen molar-refractivity contribution in [2.45, 2.75) is 18.9 Å². The fourth-order valence-electron chi connectivity index (χ4n) is 3.23. The molecule has 1 amide bonds. The Hall–Kier alpha value is -3.73. The topological polar surface area (TPSA) is 109 Å². The normalized spacial score (nSPS) is 16.5. The number of amides is 1. The number of fused-ring (bicyclic) bond motifs is 1. The summed E-state index contributed by atoms with van der Waals surface area (Å²) in [6.07, 6.45) is 3.98. The first-order valence-electron chi connectivity index (χ1n) is 8.85. The number of hydrogen-bond acceptors (Lipinski definition) is 7. The van der Waals surface area contributed by atoms with Crippen LogP contribution in [0.3, 0.4) is 0 Å². The van der Waals surface area contributed by atoms with Crippen LogP contribution in [0.5, 0.6) is 5.88 Å². The molecule has 28 heavy (non-hydrogen) atoms. The number of nitrogens with zero attached hydrogens (tertiary/aromatic N) is 4. The lowest BCUT2D eigenvalue weighted by molar-refractivity contribution is 0.0499. The first kappa shape index (κ1) is 17.7. The molecule has 0 radical (unpaired) electrons. The van der Waals surface area contributed by atoms with Gasteiger partial charge in [-0.1, -0.05) is 12.1 Å². The average molecular weight is 376 g/mol. The Morgan fingerprint density at radius 3 is 2.96 bits per heavy atom. The maximum absolute atomic E-state index is 12.9. The molecule has 1 aromatic carbocycles. The van der Waals surface area contributed by atoms with Gasteiger partial charge in [-0.15, -0.1) is 0 Å². The first-order chi connectivity index (χ1) is 13.7. The number of hydrogen-bond donors (Lipinski definition) is 0. The van der Waals surface area contributed by atoms with Gasteiger partial charge >= 0.3 is 0 Å². The van der Waals surface area contributed by atoms with Crippen molar-refractivity contribution in [2.24, 2.45) is 0 Å². The lowest BCUT2D eigenvalue weighted by Crippen LogP contribution is -2.44. The number of para-hydroxylation sites is 1. The van der Waals surface area contributed by atoms with E-state index in [1.54, 1.807) is 29.2 Å². The fourth-order valence-corrected chi connectivity index (χ4v) is 3.23. The highest BCUT2D eigenvalue weighted by molar-refractivity contribution is 5.93. The molecule has 8 nitrogen and oxygen atoms in total. The van der Waals surface area contributed by atoms with Crippen LogP contribution in [0.2, 0.25) is 0 Å². The van der Waals surface area contributed by atoms with Crippen molar-refractivity contribution < 1.29 is 13.9 Å². The van der Waals surface area contributed by atoms with Crippen LogP contribution in [0.4, 0.5) is 0 Å². The van der Waals surface area contributed by atoms with E-state index < -0.39 is 0 Å². The van der Waals surface area contributed by atoms with Crippen LogP contribution in [0.1, 0.15) is 29.1 Å². The molecule has 4 rings (SSSR count). The van der Waals surface area contributed by atoms with Gasteiger partial charge in [-0.3, -0.25) is 9.59 Å². The Morgan fingerprint density at radius 1 is 1.29 bits per heavy atom. The predicted octanol–water partition coefficient (Wildman–Crippen LogP) is 2.14. The quantitative estimate of drug-likeness (QED) is 0.689. The van der Waals surface area contributed by atoms with Crippen molar-refractivity contribution in [1.29, 1.82) is 5.26 Å². The summed E-state index contributed by atoms with van der Waals surface area (Å²) in [5.41, 5.74) is 0.223. The molecule has 0 aliphatic carbocycles. The van der Waals surface area contributed by atoms with E-state index in [1.165, 1.54) is 18.5 Å². The van der Waals surface area contributed by atoms with Crippen molar-refractivity contribution in [1.82, 2.24) is 14.9 Å². The Kier molecular flexibility index (Phi) is 4.72. The highest BCUT2D eigenvalue weighted by Crippen LogP contribution is 2.20. The van der Waals surface area contributed by atoms with E-state index in [0.29, 0.717) is 30.5 Å². The highest BCUT2D eigenvalue weighted by Gasteiger charge is 2.28. The zero-order valence-corrected chi connectivity index (χ0v) is 14.9. The predicted molar refractivity (Wildman–Crippen MR) is 98.8 cm³/mol. The molecule has 3 heterocycles. The third-order valence-corrected chi connectivity index (χ3v) is 4.56. The van der Waals surface area contributed by atoms with E-state index in [9.17, 15) is 9.59 Å². The van der Waals surface area contributed by atoms with E-state index in [0.717, 1.165) is 6.42 Å². The van der Waals surface area contributed by atoms with Crippen molar-refractivity contribution in [2.75, 3.05) is 13.1 Å². The van der Waals surface area contributed by atoms with Gasteiger partial charge in [-0.2, -0.15) is 5.26 Å². The van der Waals surface area contributed by atoms with Gasteiger partial charge in [0.25, 0.3) is 11.8 Å². The molecule has 0 bridgehead atoms. The molecule has 1 atom stereocenters. The van der Waals surface area contributed by atoms with Crippen molar-refractivity contribution >= 4 is 16.9 Å². The van der Waals surface area contributed by atoms with Gasteiger partial charge in [0.15, 0.2) is 11.2 Å². The van der Waals surface area contributed by atoms with Crippen molar-refractivity contribution in [3.8, 4) is 11.9 Å². The second kappa shape index (κ2) is 7.48. The van der Waals surface area contributed by atoms with Crippen molar-refractivity contribution in [3.05, 3.63) is 64.4 Å². The molecule has 8 heteroatoms. The minimum absolute atomic E-state index is 0.00145. The van der Waals surface area contributed by atoms with Crippen LogP contribution in [0.15, 0.2) is 51.9 Å². The number of ether oxygens (including phenoxy) is 1. The fraction of sp³-hybridized carbons (Fsp3) is 0.250. The third-order valence-electron chi connectivity index (χ3n) is 4.56. The number of aromatic nitrogens is 2. The number of carbonyl (C=O) groups excluding carboxylic acids is 1. The highest BCUT2D eigenvalue weighted by atomic mass is 16.5. The smallest absolute Gasteiger partial charge is 0.289 e. The average Bonchev–Trinajstić information content (AvgIpc) is 2.74. The molecule has 2 aromatic heterocycles. The van der Waals surface area contributed by atoms with Crippen LogP contribution >= 0.6 is 0 Å². The largest absolute Gasteiger partial charge is 0.470 e. The van der Waals surface area contributed by atoms with Gasteiger partial charge in [-0.25, -0.2) is 9.97 Å². The van der Waals surface area contributed by atoms with E-state index in [1.807, 2.05) is 6.07 Å². The molecule has 0 N–H and O–H groups in total. The van der Waals surface area contributed by atoms with Crippen LogP contribution in [0, 0.1) is 11.3 Å². The van der Waals surface area contributed by atoms with Gasteiger partial charge in [-0.05, 0) is 25.0 Å². The Morgan fingerprint density at radius 2 is 2.11 bits per heavy atom. The minimum atomic E-state index is -0.365. The summed E-state index contributed by atoms with van der Waals surface area (Å²) in [6, 6.07) is 9.98. The Bertz CT molecular complexity index is 1130. The van der Waals surface area contributed by atoms with Crippen molar-refractivity contribution in [3.63, 3.8) is 0 Å². The number of nitriles is 1. The molecule has 140 valence electrons. The summed E-state index contributed by atoms with van der Waals surface area (Å²) in [7, 11) is 0. The van der Waals surface area contributed by atoms with E-state index in [2.05, 4.69) is 9.97 Å². The molecule has 0 spiro atoms. The molecule has 0 saturated carbocycles. The molecular formula is C20H16N4O4. The maximum atomic E-state index is 12.9. The monoisotopic (exact) mass is 376 g/mol. The van der Waals surface area contributed by atoms with E-state index >= 15 is 0 Å². The summed E-state index contributed by atoms with van der Waals surface area (Å²) in [5.74, 6) is -0.209. The standard InChI is InChI=1S/C20H16N4O4/c21-11-15-19(23-8-7-22-15)27-13-4-3-9-24(12-13)20(26)18-10-16(25)14-5-1-2-6-17(14)28-18/h1-2,5-8,10,13H,3-4,9,12H2/t13-/m1/s1. The zero-order chi connectivity index (χ0) is 19.5. The van der Waals surface area contributed by atoms with E-state index in [-0.39, 0.29) is 34.8 Å². The van der Waals surface area contributed by atoms with Crippen LogP contribution < -0.4 is 10.2 Å². The van der Waals surface area contributed by atoms with Crippen LogP contribution in [0.25, 0.3) is 11.0 Å². The van der Waals surface area contributed by atoms with Gasteiger partial charge in [0.1, 0.15) is 17.8 Å². The molecule has 1 saturated heterocycles. The summed E-state index contributed by atoms with van der Waals surface area (Å²) in [6.45, 7) is 0.831. The van der Waals surface area contributed by atoms with Crippen LogP contribution in [-0.4, -0.2) is 40.0 Å². The lowest BCUT2D eigenvalue weighted by atomic mass is 10.1. The van der Waals surface area contributed by atoms with Gasteiger partial charge in [0, 0.05) is 25.0 Å². The minimum Gasteiger partial charge on any atom is -0.470 e. The van der Waals surface area contributed by atoms with Crippen LogP contribution in [-0.2, 0) is 0 Å². The third kappa shape index (κ3) is 3.42. The number of piperidine rings is 1. The summed E-state index contributed by atoms with van der Waals surface area (Å²) in [4.78, 5) is 34.7. The zero-order valence-electron chi connectivity index (χ0n) is 14.9. The number of likely N-dealkylation sites (tertiary alicyclic amines) is 1.